The van der Waals surface area contributed by atoms with Gasteiger partial charge in [-0.05, 0) is 63.8 Å². The van der Waals surface area contributed by atoms with Crippen molar-refractivity contribution in [2.24, 2.45) is 0 Å². The van der Waals surface area contributed by atoms with Gasteiger partial charge in [-0.1, -0.05) is 59.7 Å². The van der Waals surface area contributed by atoms with E-state index in [1.165, 1.54) is 55.9 Å². The van der Waals surface area contributed by atoms with Gasteiger partial charge in [-0.25, -0.2) is 9.48 Å². The Bertz CT molecular complexity index is 1080. The molecule has 0 saturated heterocycles. The lowest BCUT2D eigenvalue weighted by Gasteiger charge is -2.19. The maximum Gasteiger partial charge on any atom is 0.245 e. The molecule has 0 fully saturated rings. The molecule has 0 bridgehead atoms. The second kappa shape index (κ2) is 7.51. The van der Waals surface area contributed by atoms with E-state index in [0.29, 0.717) is 0 Å². The Kier molecular flexibility index (Phi) is 5.04. The van der Waals surface area contributed by atoms with Crippen LogP contribution in [-0.4, -0.2) is 10.9 Å². The summed E-state index contributed by atoms with van der Waals surface area (Å²) in [4.78, 5) is 2.44. The average Bonchev–Trinajstić information content (AvgIpc) is 2.79. The lowest BCUT2D eigenvalue weighted by Crippen LogP contribution is -2.25. The molecule has 3 aromatic rings. The summed E-state index contributed by atoms with van der Waals surface area (Å²) in [6, 6.07) is 18.0. The van der Waals surface area contributed by atoms with Gasteiger partial charge in [0.2, 0.25) is 6.34 Å². The van der Waals surface area contributed by atoms with E-state index < -0.39 is 0 Å². The SMILES string of the molecule is Cc1cc(C)c(N2C=[N+](c3c(C)cc(C)cc3C)Cc3ccccc3C2)c(C)c1. The quantitative estimate of drug-likeness (QED) is 0.462. The van der Waals surface area contributed by atoms with E-state index in [2.05, 4.69) is 106 Å². The molecule has 2 heteroatoms. The lowest BCUT2D eigenvalue weighted by molar-refractivity contribution is -0.454. The maximum absolute atomic E-state index is 2.44. The molecule has 0 amide bonds. The van der Waals surface area contributed by atoms with Crippen molar-refractivity contribution in [1.29, 1.82) is 0 Å². The van der Waals surface area contributed by atoms with E-state index in [4.69, 9.17) is 0 Å². The molecular formula is C27H31N2+. The molecule has 0 unspecified atom stereocenters. The summed E-state index contributed by atoms with van der Waals surface area (Å²) in [5.74, 6) is 0. The first-order valence-electron chi connectivity index (χ1n) is 10.4. The Morgan fingerprint density at radius 3 is 1.79 bits per heavy atom. The van der Waals surface area contributed by atoms with Crippen LogP contribution in [-0.2, 0) is 13.1 Å². The Morgan fingerprint density at radius 2 is 1.21 bits per heavy atom. The number of rotatable bonds is 2. The summed E-state index contributed by atoms with van der Waals surface area (Å²) in [6.45, 7) is 15.1. The van der Waals surface area contributed by atoms with Gasteiger partial charge in [0.25, 0.3) is 0 Å². The predicted octanol–water partition coefficient (Wildman–Crippen LogP) is 6.43. The van der Waals surface area contributed by atoms with Crippen LogP contribution < -0.4 is 4.90 Å². The third kappa shape index (κ3) is 3.72. The van der Waals surface area contributed by atoms with Crippen LogP contribution in [0.25, 0.3) is 0 Å². The predicted molar refractivity (Wildman–Crippen MR) is 124 cm³/mol. The maximum atomic E-state index is 2.44. The zero-order valence-corrected chi connectivity index (χ0v) is 18.5. The van der Waals surface area contributed by atoms with Crippen molar-refractivity contribution in [2.75, 3.05) is 4.90 Å². The van der Waals surface area contributed by atoms with Crippen LogP contribution in [0.3, 0.4) is 0 Å². The summed E-state index contributed by atoms with van der Waals surface area (Å²) >= 11 is 0. The first-order valence-corrected chi connectivity index (χ1v) is 10.4. The Labute approximate surface area is 175 Å². The van der Waals surface area contributed by atoms with Crippen molar-refractivity contribution in [3.05, 3.63) is 93.0 Å². The Hall–Kier alpha value is -2.87. The molecule has 0 aromatic heterocycles. The van der Waals surface area contributed by atoms with E-state index in [9.17, 15) is 0 Å². The van der Waals surface area contributed by atoms with Crippen molar-refractivity contribution < 1.29 is 4.58 Å². The molecular weight excluding hydrogens is 352 g/mol. The molecule has 0 aliphatic carbocycles. The standard InChI is InChI=1S/C27H31N2/c1-18-11-20(3)26(21(4)12-18)28-15-24-9-7-8-10-25(24)16-29(17-28)27-22(5)13-19(2)14-23(27)6/h7-14,17H,15-16H2,1-6H3/q+1. The molecule has 1 heterocycles. The van der Waals surface area contributed by atoms with Crippen LogP contribution in [0.2, 0.25) is 0 Å². The molecule has 29 heavy (non-hydrogen) atoms. The first kappa shape index (κ1) is 19.4. The fraction of sp³-hybridized carbons (Fsp3) is 0.296. The summed E-state index contributed by atoms with van der Waals surface area (Å²) in [7, 11) is 0. The Balaban J connectivity index is 1.93. The number of benzene rings is 3. The van der Waals surface area contributed by atoms with Gasteiger partial charge in [0.05, 0.1) is 0 Å². The van der Waals surface area contributed by atoms with E-state index in [1.807, 2.05) is 0 Å². The van der Waals surface area contributed by atoms with Crippen LogP contribution in [0.4, 0.5) is 11.4 Å². The van der Waals surface area contributed by atoms with Gasteiger partial charge in [0, 0.05) is 11.1 Å². The van der Waals surface area contributed by atoms with Gasteiger partial charge in [-0.2, -0.15) is 0 Å². The summed E-state index contributed by atoms with van der Waals surface area (Å²) in [5, 5.41) is 0. The number of nitrogens with zero attached hydrogens (tertiary/aromatic N) is 2. The molecule has 0 radical (unpaired) electrons. The highest BCUT2D eigenvalue weighted by atomic mass is 15.2. The van der Waals surface area contributed by atoms with Crippen LogP contribution >= 0.6 is 0 Å². The first-order chi connectivity index (χ1) is 13.8. The van der Waals surface area contributed by atoms with Crippen molar-refractivity contribution in [3.8, 4) is 0 Å². The minimum atomic E-state index is 0.890. The fourth-order valence-corrected chi connectivity index (χ4v) is 5.01. The zero-order chi connectivity index (χ0) is 20.7. The highest BCUT2D eigenvalue weighted by Gasteiger charge is 2.26. The summed E-state index contributed by atoms with van der Waals surface area (Å²) in [5.41, 5.74) is 13.4. The monoisotopic (exact) mass is 383 g/mol. The zero-order valence-electron chi connectivity index (χ0n) is 18.5. The van der Waals surface area contributed by atoms with Gasteiger partial charge in [0.1, 0.15) is 24.5 Å². The van der Waals surface area contributed by atoms with Crippen molar-refractivity contribution in [2.45, 2.75) is 54.6 Å². The third-order valence-electron chi connectivity index (χ3n) is 5.92. The molecule has 0 saturated carbocycles. The highest BCUT2D eigenvalue weighted by Crippen LogP contribution is 2.32. The smallest absolute Gasteiger partial charge is 0.229 e. The molecule has 4 rings (SSSR count). The van der Waals surface area contributed by atoms with Crippen molar-refractivity contribution >= 4 is 17.7 Å². The Morgan fingerprint density at radius 1 is 0.690 bits per heavy atom. The topological polar surface area (TPSA) is 6.25 Å². The summed E-state index contributed by atoms with van der Waals surface area (Å²) < 4.78 is 2.44. The lowest BCUT2D eigenvalue weighted by atomic mass is 10.0. The van der Waals surface area contributed by atoms with Gasteiger partial charge in [0.15, 0.2) is 0 Å². The highest BCUT2D eigenvalue weighted by molar-refractivity contribution is 5.81. The van der Waals surface area contributed by atoms with Crippen LogP contribution in [0, 0.1) is 41.5 Å². The molecule has 2 nitrogen and oxygen atoms in total. The molecule has 0 atom stereocenters. The largest absolute Gasteiger partial charge is 0.245 e. The number of aryl methyl sites for hydroxylation is 6. The average molecular weight is 384 g/mol. The molecule has 148 valence electrons. The van der Waals surface area contributed by atoms with Crippen LogP contribution in [0.1, 0.15) is 44.5 Å². The number of hydrogen-bond donors (Lipinski definition) is 0. The number of hydrogen-bond acceptors (Lipinski definition) is 1. The third-order valence-corrected chi connectivity index (χ3v) is 5.92. The van der Waals surface area contributed by atoms with Gasteiger partial charge in [-0.15, -0.1) is 0 Å². The fourth-order valence-electron chi connectivity index (χ4n) is 5.01. The molecule has 0 N–H and O–H groups in total. The van der Waals surface area contributed by atoms with E-state index in [0.717, 1.165) is 13.1 Å². The molecule has 1 aliphatic heterocycles. The van der Waals surface area contributed by atoms with Crippen LogP contribution in [0.5, 0.6) is 0 Å². The minimum absolute atomic E-state index is 0.890. The second-order valence-corrected chi connectivity index (χ2v) is 8.63. The normalized spacial score (nSPS) is 13.7. The molecule has 3 aromatic carbocycles. The van der Waals surface area contributed by atoms with Gasteiger partial charge < -0.3 is 0 Å². The van der Waals surface area contributed by atoms with Gasteiger partial charge >= 0.3 is 0 Å². The molecule has 1 aliphatic rings. The van der Waals surface area contributed by atoms with E-state index >= 15 is 0 Å². The van der Waals surface area contributed by atoms with Crippen molar-refractivity contribution in [1.82, 2.24) is 0 Å². The van der Waals surface area contributed by atoms with Gasteiger partial charge in [-0.3, -0.25) is 0 Å². The minimum Gasteiger partial charge on any atom is -0.229 e. The number of fused-ring (bicyclic) bond motifs is 1. The summed E-state index contributed by atoms with van der Waals surface area (Å²) in [6.07, 6.45) is 2.33. The number of anilines is 1. The second-order valence-electron chi connectivity index (χ2n) is 8.63. The van der Waals surface area contributed by atoms with E-state index in [1.54, 1.807) is 0 Å². The van der Waals surface area contributed by atoms with Crippen molar-refractivity contribution in [3.63, 3.8) is 0 Å². The van der Waals surface area contributed by atoms with E-state index in [-0.39, 0.29) is 0 Å². The van der Waals surface area contributed by atoms with Crippen LogP contribution in [0.15, 0.2) is 48.5 Å². The molecule has 0 spiro atoms.